The Labute approximate surface area is 107 Å². The lowest BCUT2D eigenvalue weighted by molar-refractivity contribution is 0.570. The maximum absolute atomic E-state index is 4.61. The highest BCUT2D eigenvalue weighted by Gasteiger charge is 2.14. The normalized spacial score (nSPS) is 22.7. The first-order valence-electron chi connectivity index (χ1n) is 6.20. The Balaban J connectivity index is 1.80. The number of aromatic nitrogens is 2. The van der Waals surface area contributed by atoms with Gasteiger partial charge in [-0.05, 0) is 18.9 Å². The number of aliphatic imine (C=N–C) groups is 1. The van der Waals surface area contributed by atoms with E-state index in [1.807, 2.05) is 29.7 Å². The molecule has 0 radical (unpaired) electrons. The molecule has 1 atom stereocenters. The van der Waals surface area contributed by atoms with E-state index in [0.717, 1.165) is 23.8 Å². The first-order valence-corrected chi connectivity index (χ1v) is 7.19. The third-order valence-corrected chi connectivity index (χ3v) is 3.88. The zero-order valence-electron chi connectivity index (χ0n) is 10.5. The fraction of sp³-hybridized carbons (Fsp3) is 0.667. The predicted molar refractivity (Wildman–Crippen MR) is 73.5 cm³/mol. The lowest BCUT2D eigenvalue weighted by atomic mass is 10.2. The van der Waals surface area contributed by atoms with E-state index in [-0.39, 0.29) is 0 Å². The van der Waals surface area contributed by atoms with Gasteiger partial charge in [0.2, 0.25) is 0 Å². The van der Waals surface area contributed by atoms with E-state index in [1.54, 1.807) is 0 Å². The quantitative estimate of drug-likeness (QED) is 0.889. The Bertz CT molecular complexity index is 386. The number of nitrogens with one attached hydrogen (secondary N) is 1. The largest absolute Gasteiger partial charge is 0.362 e. The van der Waals surface area contributed by atoms with Crippen LogP contribution in [0.1, 0.15) is 25.5 Å². The summed E-state index contributed by atoms with van der Waals surface area (Å²) in [7, 11) is 1.94. The van der Waals surface area contributed by atoms with E-state index >= 15 is 0 Å². The van der Waals surface area contributed by atoms with Crippen molar-refractivity contribution in [2.45, 2.75) is 32.2 Å². The van der Waals surface area contributed by atoms with Gasteiger partial charge in [0.05, 0.1) is 5.69 Å². The minimum absolute atomic E-state index is 0.616. The van der Waals surface area contributed by atoms with Gasteiger partial charge in [-0.15, -0.1) is 0 Å². The monoisotopic (exact) mass is 252 g/mol. The second-order valence-electron chi connectivity index (χ2n) is 4.30. The summed E-state index contributed by atoms with van der Waals surface area (Å²) in [6.45, 7) is 3.04. The van der Waals surface area contributed by atoms with Gasteiger partial charge in [0, 0.05) is 38.0 Å². The summed E-state index contributed by atoms with van der Waals surface area (Å²) in [4.78, 5) is 4.61. The summed E-state index contributed by atoms with van der Waals surface area (Å²) < 4.78 is 1.84. The smallest absolute Gasteiger partial charge is 0.156 e. The first-order chi connectivity index (χ1) is 8.28. The zero-order valence-corrected chi connectivity index (χ0v) is 11.3. The lowest BCUT2D eigenvalue weighted by Gasteiger charge is -2.24. The molecule has 0 aliphatic carbocycles. The van der Waals surface area contributed by atoms with E-state index in [1.165, 1.54) is 18.6 Å². The van der Waals surface area contributed by atoms with Crippen molar-refractivity contribution in [3.8, 4) is 0 Å². The number of thioether (sulfide) groups is 1. The van der Waals surface area contributed by atoms with Crippen LogP contribution in [0.3, 0.4) is 0 Å². The third-order valence-electron chi connectivity index (χ3n) is 2.92. The molecule has 1 unspecified atom stereocenters. The van der Waals surface area contributed by atoms with Crippen LogP contribution in [0.2, 0.25) is 0 Å². The molecular weight excluding hydrogens is 232 g/mol. The van der Waals surface area contributed by atoms with E-state index in [9.17, 15) is 0 Å². The summed E-state index contributed by atoms with van der Waals surface area (Å²) in [5.74, 6) is 1.19. The van der Waals surface area contributed by atoms with Crippen molar-refractivity contribution in [2.75, 3.05) is 12.3 Å². The Morgan fingerprint density at radius 2 is 2.53 bits per heavy atom. The van der Waals surface area contributed by atoms with Crippen molar-refractivity contribution < 1.29 is 0 Å². The molecule has 1 aromatic rings. The number of aryl methyl sites for hydroxylation is 1. The molecule has 4 nitrogen and oxygen atoms in total. The fourth-order valence-electron chi connectivity index (χ4n) is 1.85. The molecule has 0 saturated carbocycles. The van der Waals surface area contributed by atoms with Crippen molar-refractivity contribution >= 4 is 16.9 Å². The SMILES string of the molecule is CCC1CCSC(=NCCc2ccn(C)n2)N1. The molecule has 17 heavy (non-hydrogen) atoms. The summed E-state index contributed by atoms with van der Waals surface area (Å²) in [6, 6.07) is 2.67. The molecular formula is C12H20N4S. The van der Waals surface area contributed by atoms with Crippen molar-refractivity contribution in [3.63, 3.8) is 0 Å². The highest BCUT2D eigenvalue weighted by molar-refractivity contribution is 8.13. The number of amidine groups is 1. The molecule has 0 amide bonds. The number of rotatable bonds is 4. The number of hydrogen-bond donors (Lipinski definition) is 1. The first kappa shape index (κ1) is 12.5. The molecule has 0 bridgehead atoms. The van der Waals surface area contributed by atoms with Crippen molar-refractivity contribution in [2.24, 2.45) is 12.0 Å². The average Bonchev–Trinajstić information content (AvgIpc) is 2.75. The molecule has 1 N–H and O–H groups in total. The van der Waals surface area contributed by atoms with Crippen LogP contribution in [0.5, 0.6) is 0 Å². The Hall–Kier alpha value is -0.970. The van der Waals surface area contributed by atoms with E-state index < -0.39 is 0 Å². The maximum Gasteiger partial charge on any atom is 0.156 e. The third kappa shape index (κ3) is 3.77. The van der Waals surface area contributed by atoms with Crippen LogP contribution in [-0.4, -0.2) is 33.3 Å². The van der Waals surface area contributed by atoms with E-state index in [4.69, 9.17) is 0 Å². The molecule has 2 heterocycles. The Morgan fingerprint density at radius 3 is 3.24 bits per heavy atom. The van der Waals surface area contributed by atoms with Crippen molar-refractivity contribution in [1.82, 2.24) is 15.1 Å². The summed E-state index contributed by atoms with van der Waals surface area (Å²) in [5, 5.41) is 8.94. The second-order valence-corrected chi connectivity index (χ2v) is 5.39. The van der Waals surface area contributed by atoms with Gasteiger partial charge < -0.3 is 5.32 Å². The van der Waals surface area contributed by atoms with Crippen LogP contribution in [-0.2, 0) is 13.5 Å². The van der Waals surface area contributed by atoms with Gasteiger partial charge >= 0.3 is 0 Å². The molecule has 1 fully saturated rings. The van der Waals surface area contributed by atoms with Crippen LogP contribution < -0.4 is 5.32 Å². The van der Waals surface area contributed by atoms with Crippen molar-refractivity contribution in [1.29, 1.82) is 0 Å². The van der Waals surface area contributed by atoms with Crippen LogP contribution in [0.25, 0.3) is 0 Å². The van der Waals surface area contributed by atoms with Crippen LogP contribution >= 0.6 is 11.8 Å². The van der Waals surface area contributed by atoms with Gasteiger partial charge in [0.15, 0.2) is 5.17 Å². The van der Waals surface area contributed by atoms with Gasteiger partial charge in [0.25, 0.3) is 0 Å². The Kier molecular flexibility index (Phi) is 4.48. The molecule has 1 aromatic heterocycles. The molecule has 2 rings (SSSR count). The molecule has 0 spiro atoms. The van der Waals surface area contributed by atoms with Gasteiger partial charge in [-0.25, -0.2) is 0 Å². The van der Waals surface area contributed by atoms with Gasteiger partial charge in [-0.2, -0.15) is 5.10 Å². The van der Waals surface area contributed by atoms with Gasteiger partial charge in [-0.1, -0.05) is 18.7 Å². The highest BCUT2D eigenvalue weighted by Crippen LogP contribution is 2.15. The van der Waals surface area contributed by atoms with Crippen LogP contribution in [0.15, 0.2) is 17.3 Å². The van der Waals surface area contributed by atoms with E-state index in [0.29, 0.717) is 6.04 Å². The molecule has 0 aromatic carbocycles. The molecule has 1 aliphatic rings. The molecule has 5 heteroatoms. The zero-order chi connectivity index (χ0) is 12.1. The fourth-order valence-corrected chi connectivity index (χ4v) is 2.88. The highest BCUT2D eigenvalue weighted by atomic mass is 32.2. The van der Waals surface area contributed by atoms with E-state index in [2.05, 4.69) is 28.4 Å². The summed E-state index contributed by atoms with van der Waals surface area (Å²) in [6.07, 6.45) is 5.33. The standard InChI is InChI=1S/C12H20N4S/c1-3-10-6-9-17-12(14-10)13-7-4-11-5-8-16(2)15-11/h5,8,10H,3-4,6-7,9H2,1-2H3,(H,13,14). The minimum Gasteiger partial charge on any atom is -0.362 e. The second kappa shape index (κ2) is 6.10. The summed E-state index contributed by atoms with van der Waals surface area (Å²) >= 11 is 1.84. The molecule has 1 saturated heterocycles. The molecule has 1 aliphatic heterocycles. The van der Waals surface area contributed by atoms with Crippen molar-refractivity contribution in [3.05, 3.63) is 18.0 Å². The van der Waals surface area contributed by atoms with Crippen LogP contribution in [0.4, 0.5) is 0 Å². The maximum atomic E-state index is 4.61. The number of nitrogens with zero attached hydrogens (tertiary/aromatic N) is 3. The van der Waals surface area contributed by atoms with Crippen LogP contribution in [0, 0.1) is 0 Å². The van der Waals surface area contributed by atoms with Gasteiger partial charge in [-0.3, -0.25) is 9.67 Å². The predicted octanol–water partition coefficient (Wildman–Crippen LogP) is 1.82. The lowest BCUT2D eigenvalue weighted by Crippen LogP contribution is -2.37. The van der Waals surface area contributed by atoms with Gasteiger partial charge in [0.1, 0.15) is 0 Å². The average molecular weight is 252 g/mol. The summed E-state index contributed by atoms with van der Waals surface area (Å²) in [5.41, 5.74) is 1.12. The Morgan fingerprint density at radius 1 is 1.65 bits per heavy atom. The number of hydrogen-bond acceptors (Lipinski definition) is 3. The topological polar surface area (TPSA) is 42.2 Å². The minimum atomic E-state index is 0.616. The molecule has 94 valence electrons.